The van der Waals surface area contributed by atoms with Gasteiger partial charge in [0.25, 0.3) is 5.91 Å². The molecule has 0 aliphatic heterocycles. The number of hydrogen-bond acceptors (Lipinski definition) is 6. The Morgan fingerprint density at radius 2 is 1.76 bits per heavy atom. The van der Waals surface area contributed by atoms with E-state index in [2.05, 4.69) is 15.8 Å². The zero-order valence-corrected chi connectivity index (χ0v) is 15.4. The summed E-state index contributed by atoms with van der Waals surface area (Å²) in [5.41, 5.74) is 3.85. The number of carbonyl (C=O) groups is 3. The molecule has 0 atom stereocenters. The first-order valence-electron chi connectivity index (χ1n) is 8.58. The van der Waals surface area contributed by atoms with Crippen LogP contribution in [0, 0.1) is 0 Å². The Kier molecular flexibility index (Phi) is 6.16. The van der Waals surface area contributed by atoms with E-state index in [0.717, 1.165) is 0 Å². The second kappa shape index (κ2) is 9.14. The predicted octanol–water partition coefficient (Wildman–Crippen LogP) is 3.22. The number of furan rings is 1. The molecular formula is C21H17N3O5. The van der Waals surface area contributed by atoms with Crippen LogP contribution in [-0.2, 0) is 4.79 Å². The average Bonchev–Trinajstić information content (AvgIpc) is 3.24. The van der Waals surface area contributed by atoms with Crippen LogP contribution in [0.1, 0.15) is 33.4 Å². The maximum absolute atomic E-state index is 12.2. The standard InChI is InChI=1S/C21H17N3O5/c1-14(25)23-17-10-8-15(9-11-17)20(26)24-22-13-16-5-2-3-6-18(16)29-21(27)19-7-4-12-28-19/h2-13H,1H3,(H,23,25)(H,24,26)/b22-13-. The van der Waals surface area contributed by atoms with Crippen molar-refractivity contribution >= 4 is 29.7 Å². The molecule has 0 radical (unpaired) electrons. The fourth-order valence-electron chi connectivity index (χ4n) is 2.36. The van der Waals surface area contributed by atoms with Gasteiger partial charge in [-0.1, -0.05) is 12.1 Å². The normalized spacial score (nSPS) is 10.5. The Hall–Kier alpha value is -4.20. The van der Waals surface area contributed by atoms with E-state index in [1.165, 1.54) is 25.5 Å². The summed E-state index contributed by atoms with van der Waals surface area (Å²) in [5.74, 6) is -0.919. The lowest BCUT2D eigenvalue weighted by molar-refractivity contribution is -0.114. The number of nitrogens with one attached hydrogen (secondary N) is 2. The lowest BCUT2D eigenvalue weighted by atomic mass is 10.2. The second-order valence-corrected chi connectivity index (χ2v) is 5.86. The summed E-state index contributed by atoms with van der Waals surface area (Å²) in [4.78, 5) is 35.2. The number of benzene rings is 2. The number of esters is 1. The van der Waals surface area contributed by atoms with Gasteiger partial charge in [-0.2, -0.15) is 5.10 Å². The van der Waals surface area contributed by atoms with Crippen LogP contribution in [0.4, 0.5) is 5.69 Å². The van der Waals surface area contributed by atoms with Crippen molar-refractivity contribution in [2.75, 3.05) is 5.32 Å². The summed E-state index contributed by atoms with van der Waals surface area (Å²) in [6, 6.07) is 16.2. The molecule has 2 N–H and O–H groups in total. The van der Waals surface area contributed by atoms with Gasteiger partial charge in [0.05, 0.1) is 12.5 Å². The molecule has 2 aromatic carbocycles. The van der Waals surface area contributed by atoms with Gasteiger partial charge >= 0.3 is 5.97 Å². The van der Waals surface area contributed by atoms with Crippen LogP contribution in [0.5, 0.6) is 5.75 Å². The fourth-order valence-corrected chi connectivity index (χ4v) is 2.36. The van der Waals surface area contributed by atoms with Gasteiger partial charge in [-0.25, -0.2) is 10.2 Å². The van der Waals surface area contributed by atoms with Crippen LogP contribution in [-0.4, -0.2) is 24.0 Å². The number of hydrazone groups is 1. The molecule has 0 saturated carbocycles. The monoisotopic (exact) mass is 391 g/mol. The number of carbonyl (C=O) groups excluding carboxylic acids is 3. The maximum atomic E-state index is 12.2. The van der Waals surface area contributed by atoms with Crippen LogP contribution in [0.2, 0.25) is 0 Å². The lowest BCUT2D eigenvalue weighted by Gasteiger charge is -2.06. The number of hydrogen-bond donors (Lipinski definition) is 2. The van der Waals surface area contributed by atoms with E-state index >= 15 is 0 Å². The molecule has 29 heavy (non-hydrogen) atoms. The van der Waals surface area contributed by atoms with Crippen LogP contribution < -0.4 is 15.5 Å². The molecule has 1 aromatic heterocycles. The Balaban J connectivity index is 1.63. The Morgan fingerprint density at radius 3 is 2.45 bits per heavy atom. The van der Waals surface area contributed by atoms with Gasteiger partial charge in [-0.15, -0.1) is 0 Å². The van der Waals surface area contributed by atoms with Crippen molar-refractivity contribution in [2.45, 2.75) is 6.92 Å². The van der Waals surface area contributed by atoms with Crippen LogP contribution >= 0.6 is 0 Å². The van der Waals surface area contributed by atoms with Gasteiger partial charge in [0.2, 0.25) is 11.7 Å². The minimum atomic E-state index is -0.640. The van der Waals surface area contributed by atoms with Crippen molar-refractivity contribution in [2.24, 2.45) is 5.10 Å². The molecule has 8 nitrogen and oxygen atoms in total. The Bertz CT molecular complexity index is 1040. The zero-order valence-electron chi connectivity index (χ0n) is 15.4. The molecule has 8 heteroatoms. The maximum Gasteiger partial charge on any atom is 0.379 e. The van der Waals surface area contributed by atoms with Gasteiger partial charge in [0, 0.05) is 23.7 Å². The smallest absolute Gasteiger partial charge is 0.379 e. The summed E-state index contributed by atoms with van der Waals surface area (Å²) in [6.45, 7) is 1.40. The highest BCUT2D eigenvalue weighted by Gasteiger charge is 2.13. The molecule has 0 fully saturated rings. The number of nitrogens with zero attached hydrogens (tertiary/aromatic N) is 1. The molecule has 0 saturated heterocycles. The highest BCUT2D eigenvalue weighted by Crippen LogP contribution is 2.18. The lowest BCUT2D eigenvalue weighted by Crippen LogP contribution is -2.18. The van der Waals surface area contributed by atoms with Crippen molar-refractivity contribution in [1.29, 1.82) is 0 Å². The first-order chi connectivity index (χ1) is 14.0. The van der Waals surface area contributed by atoms with Gasteiger partial charge in [0.1, 0.15) is 5.75 Å². The molecule has 0 unspecified atom stereocenters. The molecular weight excluding hydrogens is 374 g/mol. The number of para-hydroxylation sites is 1. The van der Waals surface area contributed by atoms with Crippen LogP contribution in [0.25, 0.3) is 0 Å². The van der Waals surface area contributed by atoms with Crippen LogP contribution in [0.3, 0.4) is 0 Å². The van der Waals surface area contributed by atoms with Crippen LogP contribution in [0.15, 0.2) is 76.4 Å². The zero-order chi connectivity index (χ0) is 20.6. The van der Waals surface area contributed by atoms with Gasteiger partial charge in [0.15, 0.2) is 0 Å². The Morgan fingerprint density at radius 1 is 1.00 bits per heavy atom. The SMILES string of the molecule is CC(=O)Nc1ccc(C(=O)N/N=C\c2ccccc2OC(=O)c2ccco2)cc1. The van der Waals surface area contributed by atoms with E-state index in [9.17, 15) is 14.4 Å². The van der Waals surface area contributed by atoms with Crippen molar-refractivity contribution in [3.8, 4) is 5.75 Å². The predicted molar refractivity (Wildman–Crippen MR) is 106 cm³/mol. The summed E-state index contributed by atoms with van der Waals surface area (Å²) in [5, 5.41) is 6.53. The summed E-state index contributed by atoms with van der Waals surface area (Å²) >= 11 is 0. The molecule has 3 rings (SSSR count). The topological polar surface area (TPSA) is 110 Å². The molecule has 2 amide bonds. The number of anilines is 1. The average molecular weight is 391 g/mol. The van der Waals surface area contributed by atoms with E-state index in [-0.39, 0.29) is 17.4 Å². The quantitative estimate of drug-likeness (QED) is 0.290. The first kappa shape index (κ1) is 19.6. The van der Waals surface area contributed by atoms with E-state index in [4.69, 9.17) is 9.15 Å². The molecule has 0 spiro atoms. The highest BCUT2D eigenvalue weighted by molar-refractivity contribution is 5.96. The van der Waals surface area contributed by atoms with Gasteiger partial charge in [-0.05, 0) is 48.5 Å². The van der Waals surface area contributed by atoms with E-state index in [1.54, 1.807) is 54.6 Å². The van der Waals surface area contributed by atoms with Crippen molar-refractivity contribution in [3.63, 3.8) is 0 Å². The molecule has 1 heterocycles. The largest absolute Gasteiger partial charge is 0.457 e. The van der Waals surface area contributed by atoms with E-state index in [1.807, 2.05) is 0 Å². The fraction of sp³-hybridized carbons (Fsp3) is 0.0476. The summed E-state index contributed by atoms with van der Waals surface area (Å²) < 4.78 is 10.3. The molecule has 0 aliphatic carbocycles. The number of ether oxygens (including phenoxy) is 1. The number of rotatable bonds is 6. The molecule has 3 aromatic rings. The van der Waals surface area contributed by atoms with Crippen molar-refractivity contribution < 1.29 is 23.5 Å². The minimum Gasteiger partial charge on any atom is -0.457 e. The second-order valence-electron chi connectivity index (χ2n) is 5.86. The van der Waals surface area contributed by atoms with Crippen molar-refractivity contribution in [1.82, 2.24) is 5.43 Å². The van der Waals surface area contributed by atoms with E-state index < -0.39 is 11.9 Å². The van der Waals surface area contributed by atoms with Gasteiger partial charge < -0.3 is 14.5 Å². The third-order valence-electron chi connectivity index (χ3n) is 3.68. The molecule has 0 bridgehead atoms. The third-order valence-corrected chi connectivity index (χ3v) is 3.68. The summed E-state index contributed by atoms with van der Waals surface area (Å²) in [6.07, 6.45) is 2.75. The summed E-state index contributed by atoms with van der Waals surface area (Å²) in [7, 11) is 0. The van der Waals surface area contributed by atoms with Gasteiger partial charge in [-0.3, -0.25) is 9.59 Å². The molecule has 0 aliphatic rings. The number of amides is 2. The third kappa shape index (κ3) is 5.39. The van der Waals surface area contributed by atoms with E-state index in [0.29, 0.717) is 16.8 Å². The Labute approximate surface area is 166 Å². The highest BCUT2D eigenvalue weighted by atomic mass is 16.5. The van der Waals surface area contributed by atoms with Crippen molar-refractivity contribution in [3.05, 3.63) is 83.8 Å². The minimum absolute atomic E-state index is 0.0766. The first-order valence-corrected chi connectivity index (χ1v) is 8.58. The molecule has 146 valence electrons.